The molecule has 9 heteroatoms. The molecule has 0 atom stereocenters. The molecule has 1 heterocycles. The normalized spacial score (nSPS) is 10.6. The average molecular weight is 379 g/mol. The highest BCUT2D eigenvalue weighted by molar-refractivity contribution is 6.34. The van der Waals surface area contributed by atoms with Crippen LogP contribution in [0, 0.1) is 5.92 Å². The first-order chi connectivity index (χ1) is 12.2. The van der Waals surface area contributed by atoms with E-state index in [0.717, 1.165) is 0 Å². The molecule has 0 radical (unpaired) electrons. The van der Waals surface area contributed by atoms with E-state index < -0.39 is 11.9 Å². The topological polar surface area (TPSA) is 113 Å². The fraction of sp³-hybridized carbons (Fsp3) is 0.294. The molecule has 0 saturated carbocycles. The summed E-state index contributed by atoms with van der Waals surface area (Å²) in [6.07, 6.45) is 1.80. The number of aliphatic carboxylic acids is 1. The van der Waals surface area contributed by atoms with Crippen LogP contribution in [0.1, 0.15) is 30.6 Å². The van der Waals surface area contributed by atoms with Crippen molar-refractivity contribution in [3.05, 3.63) is 41.0 Å². The number of aromatic nitrogens is 2. The minimum Gasteiger partial charge on any atom is -0.480 e. The van der Waals surface area contributed by atoms with Crippen molar-refractivity contribution in [3.63, 3.8) is 0 Å². The molecule has 2 rings (SSSR count). The zero-order valence-electron chi connectivity index (χ0n) is 14.3. The maximum absolute atomic E-state index is 12.4. The number of halogens is 1. The molecule has 0 bridgehead atoms. The first kappa shape index (κ1) is 19.5. The highest BCUT2D eigenvalue weighted by Crippen LogP contribution is 2.22. The molecule has 0 unspecified atom stereocenters. The van der Waals surface area contributed by atoms with Crippen molar-refractivity contribution in [2.45, 2.75) is 26.8 Å². The summed E-state index contributed by atoms with van der Waals surface area (Å²) in [5, 5.41) is 18.2. The largest absolute Gasteiger partial charge is 0.480 e. The summed E-state index contributed by atoms with van der Waals surface area (Å²) in [5.74, 6) is -1.30. The van der Waals surface area contributed by atoms with E-state index in [9.17, 15) is 14.4 Å². The SMILES string of the molecule is CC(C)CC(=O)Nc1ccc(Cl)c(C(=O)Nc2ccn(CC(=O)O)n2)c1. The molecule has 0 aliphatic rings. The summed E-state index contributed by atoms with van der Waals surface area (Å²) in [7, 11) is 0. The van der Waals surface area contributed by atoms with Crippen LogP contribution in [-0.4, -0.2) is 32.7 Å². The molecule has 1 aromatic heterocycles. The van der Waals surface area contributed by atoms with Crippen LogP contribution in [0.3, 0.4) is 0 Å². The van der Waals surface area contributed by atoms with Crippen LogP contribution in [-0.2, 0) is 16.1 Å². The van der Waals surface area contributed by atoms with Gasteiger partial charge in [0.1, 0.15) is 6.54 Å². The van der Waals surface area contributed by atoms with Crippen molar-refractivity contribution in [1.82, 2.24) is 9.78 Å². The Morgan fingerprint density at radius 3 is 2.62 bits per heavy atom. The summed E-state index contributed by atoms with van der Waals surface area (Å²) in [5.41, 5.74) is 0.628. The van der Waals surface area contributed by atoms with E-state index >= 15 is 0 Å². The maximum atomic E-state index is 12.4. The zero-order chi connectivity index (χ0) is 19.3. The van der Waals surface area contributed by atoms with E-state index in [1.165, 1.54) is 29.1 Å². The molecule has 0 aliphatic carbocycles. The Balaban J connectivity index is 2.10. The Hall–Kier alpha value is -2.87. The standard InChI is InChI=1S/C17H19ClN4O4/c1-10(2)7-15(23)19-11-3-4-13(18)12(8-11)17(26)20-14-5-6-22(21-14)9-16(24)25/h3-6,8,10H,7,9H2,1-2H3,(H,19,23)(H,24,25)(H,20,21,26). The lowest BCUT2D eigenvalue weighted by Gasteiger charge is -2.10. The van der Waals surface area contributed by atoms with Gasteiger partial charge < -0.3 is 15.7 Å². The number of carbonyl (C=O) groups excluding carboxylic acids is 2. The molecular formula is C17H19ClN4O4. The molecule has 0 spiro atoms. The summed E-state index contributed by atoms with van der Waals surface area (Å²) < 4.78 is 1.18. The molecule has 1 aromatic carbocycles. The van der Waals surface area contributed by atoms with Gasteiger partial charge in [0.15, 0.2) is 5.82 Å². The molecule has 0 aliphatic heterocycles. The molecule has 2 aromatic rings. The second kappa shape index (κ2) is 8.48. The third-order valence-electron chi connectivity index (χ3n) is 3.27. The fourth-order valence-corrected chi connectivity index (χ4v) is 2.40. The van der Waals surface area contributed by atoms with Gasteiger partial charge in [0.2, 0.25) is 5.91 Å². The van der Waals surface area contributed by atoms with Gasteiger partial charge in [-0.25, -0.2) is 0 Å². The Kier molecular flexibility index (Phi) is 6.35. The van der Waals surface area contributed by atoms with Crippen LogP contribution in [0.2, 0.25) is 5.02 Å². The molecular weight excluding hydrogens is 360 g/mol. The van der Waals surface area contributed by atoms with Crippen molar-refractivity contribution in [3.8, 4) is 0 Å². The van der Waals surface area contributed by atoms with Crippen LogP contribution in [0.15, 0.2) is 30.5 Å². The van der Waals surface area contributed by atoms with Gasteiger partial charge in [-0.1, -0.05) is 25.4 Å². The van der Waals surface area contributed by atoms with Crippen LogP contribution >= 0.6 is 11.6 Å². The number of amides is 2. The lowest BCUT2D eigenvalue weighted by atomic mass is 10.1. The molecule has 2 amide bonds. The van der Waals surface area contributed by atoms with Gasteiger partial charge in [-0.3, -0.25) is 19.1 Å². The van der Waals surface area contributed by atoms with Crippen molar-refractivity contribution in [2.75, 3.05) is 10.6 Å². The van der Waals surface area contributed by atoms with Gasteiger partial charge in [0, 0.05) is 24.4 Å². The Morgan fingerprint density at radius 2 is 1.96 bits per heavy atom. The highest BCUT2D eigenvalue weighted by Gasteiger charge is 2.14. The predicted molar refractivity (Wildman–Crippen MR) is 97.4 cm³/mol. The van der Waals surface area contributed by atoms with Gasteiger partial charge >= 0.3 is 5.97 Å². The van der Waals surface area contributed by atoms with Gasteiger partial charge in [-0.15, -0.1) is 0 Å². The van der Waals surface area contributed by atoms with E-state index in [2.05, 4.69) is 15.7 Å². The highest BCUT2D eigenvalue weighted by atomic mass is 35.5. The lowest BCUT2D eigenvalue weighted by molar-refractivity contribution is -0.137. The van der Waals surface area contributed by atoms with E-state index in [1.54, 1.807) is 6.07 Å². The van der Waals surface area contributed by atoms with Crippen molar-refractivity contribution in [2.24, 2.45) is 5.92 Å². The van der Waals surface area contributed by atoms with Gasteiger partial charge in [-0.2, -0.15) is 5.10 Å². The first-order valence-electron chi connectivity index (χ1n) is 7.90. The number of carbonyl (C=O) groups is 3. The Morgan fingerprint density at radius 1 is 1.23 bits per heavy atom. The lowest BCUT2D eigenvalue weighted by Crippen LogP contribution is -2.16. The molecule has 0 fully saturated rings. The number of benzene rings is 1. The Labute approximate surface area is 155 Å². The first-order valence-corrected chi connectivity index (χ1v) is 8.28. The summed E-state index contributed by atoms with van der Waals surface area (Å²) >= 11 is 6.08. The van der Waals surface area contributed by atoms with Gasteiger partial charge in [0.05, 0.1) is 10.6 Å². The van der Waals surface area contributed by atoms with Crippen molar-refractivity contribution < 1.29 is 19.5 Å². The van der Waals surface area contributed by atoms with Gasteiger partial charge in [0.25, 0.3) is 5.91 Å². The molecule has 26 heavy (non-hydrogen) atoms. The number of carboxylic acids is 1. The number of rotatable bonds is 7. The summed E-state index contributed by atoms with van der Waals surface area (Å²) in [6, 6.07) is 6.08. The van der Waals surface area contributed by atoms with E-state index in [-0.39, 0.29) is 34.8 Å². The number of nitrogens with one attached hydrogen (secondary N) is 2. The molecule has 8 nitrogen and oxygen atoms in total. The summed E-state index contributed by atoms with van der Waals surface area (Å²) in [6.45, 7) is 3.56. The third-order valence-corrected chi connectivity index (χ3v) is 3.60. The van der Waals surface area contributed by atoms with E-state index in [1.807, 2.05) is 13.8 Å². The van der Waals surface area contributed by atoms with Crippen LogP contribution < -0.4 is 10.6 Å². The second-order valence-corrected chi connectivity index (χ2v) is 6.49. The fourth-order valence-electron chi connectivity index (χ4n) is 2.20. The number of hydrogen-bond donors (Lipinski definition) is 3. The minimum atomic E-state index is -1.04. The number of hydrogen-bond acceptors (Lipinski definition) is 4. The van der Waals surface area contributed by atoms with Crippen LogP contribution in [0.5, 0.6) is 0 Å². The van der Waals surface area contributed by atoms with E-state index in [0.29, 0.717) is 12.1 Å². The number of anilines is 2. The molecule has 0 saturated heterocycles. The second-order valence-electron chi connectivity index (χ2n) is 6.09. The van der Waals surface area contributed by atoms with Crippen molar-refractivity contribution >= 4 is 40.9 Å². The monoisotopic (exact) mass is 378 g/mol. The quantitative estimate of drug-likeness (QED) is 0.685. The predicted octanol–water partition coefficient (Wildman–Crippen LogP) is 2.86. The van der Waals surface area contributed by atoms with Crippen molar-refractivity contribution in [1.29, 1.82) is 0 Å². The number of nitrogens with zero attached hydrogens (tertiary/aromatic N) is 2. The Bertz CT molecular complexity index is 832. The minimum absolute atomic E-state index is 0.152. The maximum Gasteiger partial charge on any atom is 0.325 e. The zero-order valence-corrected chi connectivity index (χ0v) is 15.1. The number of carboxylic acid groups (broad SMARTS) is 1. The van der Waals surface area contributed by atoms with Crippen LogP contribution in [0.25, 0.3) is 0 Å². The smallest absolute Gasteiger partial charge is 0.325 e. The molecule has 3 N–H and O–H groups in total. The van der Waals surface area contributed by atoms with Gasteiger partial charge in [-0.05, 0) is 24.1 Å². The third kappa shape index (κ3) is 5.59. The van der Waals surface area contributed by atoms with E-state index in [4.69, 9.17) is 16.7 Å². The molecule has 138 valence electrons. The summed E-state index contributed by atoms with van der Waals surface area (Å²) in [4.78, 5) is 34.9. The van der Waals surface area contributed by atoms with Crippen LogP contribution in [0.4, 0.5) is 11.5 Å². The average Bonchev–Trinajstić information content (AvgIpc) is 2.94.